The normalized spacial score (nSPS) is 18.7. The first-order valence-corrected chi connectivity index (χ1v) is 7.31. The zero-order valence-electron chi connectivity index (χ0n) is 12.0. The third-order valence-electron chi connectivity index (χ3n) is 4.02. The molecule has 0 saturated heterocycles. The van der Waals surface area contributed by atoms with Gasteiger partial charge in [-0.15, -0.1) is 0 Å². The number of hydrogen-bond donors (Lipinski definition) is 1. The first-order chi connectivity index (χ1) is 8.68. The molecular weight excluding hydrogens is 224 g/mol. The molecule has 0 radical (unpaired) electrons. The fourth-order valence-electron chi connectivity index (χ4n) is 3.43. The molecule has 0 unspecified atom stereocenters. The summed E-state index contributed by atoms with van der Waals surface area (Å²) in [7, 11) is 0. The Morgan fingerprint density at radius 2 is 2.11 bits per heavy atom. The van der Waals surface area contributed by atoms with Crippen LogP contribution in [0.2, 0.25) is 0 Å². The van der Waals surface area contributed by atoms with E-state index in [4.69, 9.17) is 4.42 Å². The Balaban J connectivity index is 2.22. The highest BCUT2D eigenvalue weighted by atomic mass is 16.3. The highest BCUT2D eigenvalue weighted by molar-refractivity contribution is 5.21. The summed E-state index contributed by atoms with van der Waals surface area (Å²) in [5.41, 5.74) is 1.38. The second kappa shape index (κ2) is 5.87. The Hall–Kier alpha value is -0.830. The molecule has 1 fully saturated rings. The highest BCUT2D eigenvalue weighted by Crippen LogP contribution is 2.46. The molecule has 0 aromatic carbocycles. The van der Waals surface area contributed by atoms with Crippen LogP contribution >= 0.6 is 0 Å². The summed E-state index contributed by atoms with van der Waals surface area (Å²) in [5, 5.41) is 3.36. The predicted octanol–water partition coefficient (Wildman–Crippen LogP) is 3.64. The van der Waals surface area contributed by atoms with Gasteiger partial charge in [0.25, 0.3) is 0 Å². The van der Waals surface area contributed by atoms with Crippen molar-refractivity contribution < 1.29 is 4.42 Å². The summed E-state index contributed by atoms with van der Waals surface area (Å²) in [6.07, 6.45) is 8.03. The van der Waals surface area contributed by atoms with E-state index in [1.165, 1.54) is 32.1 Å². The molecule has 1 aliphatic carbocycles. The van der Waals surface area contributed by atoms with E-state index in [0.29, 0.717) is 5.92 Å². The number of hydrogen-bond acceptors (Lipinski definition) is 3. The Kier molecular flexibility index (Phi) is 4.44. The van der Waals surface area contributed by atoms with Crippen molar-refractivity contribution in [2.24, 2.45) is 5.92 Å². The fourth-order valence-corrected chi connectivity index (χ4v) is 3.43. The molecule has 1 aromatic heterocycles. The Bertz CT molecular complexity index is 364. The van der Waals surface area contributed by atoms with Crippen molar-refractivity contribution in [1.29, 1.82) is 0 Å². The van der Waals surface area contributed by atoms with Gasteiger partial charge in [-0.25, -0.2) is 4.98 Å². The van der Waals surface area contributed by atoms with E-state index in [1.54, 1.807) is 6.39 Å². The van der Waals surface area contributed by atoms with Gasteiger partial charge in [-0.05, 0) is 31.7 Å². The molecule has 0 amide bonds. The molecule has 1 aliphatic rings. The van der Waals surface area contributed by atoms with Gasteiger partial charge in [-0.2, -0.15) is 0 Å². The van der Waals surface area contributed by atoms with Gasteiger partial charge >= 0.3 is 0 Å². The minimum atomic E-state index is 0.259. The van der Waals surface area contributed by atoms with E-state index in [2.05, 4.69) is 31.1 Å². The molecule has 1 heterocycles. The average molecular weight is 250 g/mol. The molecule has 0 spiro atoms. The Morgan fingerprint density at radius 3 is 2.72 bits per heavy atom. The minimum Gasteiger partial charge on any atom is -0.448 e. The van der Waals surface area contributed by atoms with Gasteiger partial charge < -0.3 is 9.73 Å². The smallest absolute Gasteiger partial charge is 0.181 e. The lowest BCUT2D eigenvalue weighted by Gasteiger charge is -2.29. The zero-order valence-corrected chi connectivity index (χ0v) is 12.0. The summed E-state index contributed by atoms with van der Waals surface area (Å²) in [6, 6.07) is 0. The van der Waals surface area contributed by atoms with Crippen molar-refractivity contribution in [3.05, 3.63) is 17.8 Å². The largest absolute Gasteiger partial charge is 0.448 e. The van der Waals surface area contributed by atoms with E-state index in [0.717, 1.165) is 24.5 Å². The van der Waals surface area contributed by atoms with Gasteiger partial charge in [-0.3, -0.25) is 0 Å². The SMILES string of the molecule is CCNCc1ncoc1C1(CC(C)C)CCCC1. The first kappa shape index (κ1) is 13.6. The number of nitrogens with one attached hydrogen (secondary N) is 1. The van der Waals surface area contributed by atoms with Crippen LogP contribution in [0.15, 0.2) is 10.8 Å². The summed E-state index contributed by atoms with van der Waals surface area (Å²) < 4.78 is 5.80. The third-order valence-corrected chi connectivity index (χ3v) is 4.02. The molecule has 0 aliphatic heterocycles. The standard InChI is InChI=1S/C15H26N2O/c1-4-16-10-13-14(18-11-17-13)15(9-12(2)3)7-5-6-8-15/h11-12,16H,4-10H2,1-3H3. The van der Waals surface area contributed by atoms with E-state index in [9.17, 15) is 0 Å². The van der Waals surface area contributed by atoms with Crippen LogP contribution in [0.4, 0.5) is 0 Å². The van der Waals surface area contributed by atoms with Crippen LogP contribution in [0.3, 0.4) is 0 Å². The van der Waals surface area contributed by atoms with Crippen LogP contribution < -0.4 is 5.32 Å². The number of oxazole rings is 1. The second-order valence-corrected chi connectivity index (χ2v) is 5.99. The topological polar surface area (TPSA) is 38.1 Å². The minimum absolute atomic E-state index is 0.259. The van der Waals surface area contributed by atoms with Crippen molar-refractivity contribution in [2.75, 3.05) is 6.54 Å². The average Bonchev–Trinajstić information content (AvgIpc) is 2.94. The monoisotopic (exact) mass is 250 g/mol. The van der Waals surface area contributed by atoms with Gasteiger partial charge in [0, 0.05) is 12.0 Å². The molecule has 0 atom stereocenters. The lowest BCUT2D eigenvalue weighted by Crippen LogP contribution is -2.26. The van der Waals surface area contributed by atoms with Gasteiger partial charge in [0.1, 0.15) is 5.76 Å². The molecule has 2 rings (SSSR count). The molecule has 0 bridgehead atoms. The van der Waals surface area contributed by atoms with Crippen LogP contribution in [0.1, 0.15) is 64.3 Å². The zero-order chi connectivity index (χ0) is 13.0. The van der Waals surface area contributed by atoms with Crippen LogP contribution in [-0.4, -0.2) is 11.5 Å². The predicted molar refractivity (Wildman–Crippen MR) is 73.5 cm³/mol. The number of aromatic nitrogens is 1. The molecule has 1 aromatic rings. The molecule has 3 heteroatoms. The van der Waals surface area contributed by atoms with Gasteiger partial charge in [0.15, 0.2) is 6.39 Å². The Morgan fingerprint density at radius 1 is 1.39 bits per heavy atom. The lowest BCUT2D eigenvalue weighted by molar-refractivity contribution is 0.281. The van der Waals surface area contributed by atoms with Gasteiger partial charge in [-0.1, -0.05) is 33.6 Å². The lowest BCUT2D eigenvalue weighted by atomic mass is 9.76. The fraction of sp³-hybridized carbons (Fsp3) is 0.800. The number of nitrogens with zero attached hydrogens (tertiary/aromatic N) is 1. The molecule has 3 nitrogen and oxygen atoms in total. The van der Waals surface area contributed by atoms with Crippen molar-refractivity contribution in [1.82, 2.24) is 10.3 Å². The van der Waals surface area contributed by atoms with Crippen molar-refractivity contribution in [3.63, 3.8) is 0 Å². The molecular formula is C15H26N2O. The van der Waals surface area contributed by atoms with Gasteiger partial charge in [0.2, 0.25) is 0 Å². The van der Waals surface area contributed by atoms with E-state index >= 15 is 0 Å². The maximum atomic E-state index is 5.80. The van der Waals surface area contributed by atoms with E-state index in [-0.39, 0.29) is 5.41 Å². The molecule has 1 saturated carbocycles. The van der Waals surface area contributed by atoms with Gasteiger partial charge in [0.05, 0.1) is 5.69 Å². The Labute approximate surface area is 110 Å². The molecule has 1 N–H and O–H groups in total. The molecule has 18 heavy (non-hydrogen) atoms. The van der Waals surface area contributed by atoms with Crippen LogP contribution in [-0.2, 0) is 12.0 Å². The quantitative estimate of drug-likeness (QED) is 0.837. The summed E-state index contributed by atoms with van der Waals surface area (Å²) in [5.74, 6) is 1.87. The summed E-state index contributed by atoms with van der Waals surface area (Å²) in [4.78, 5) is 4.42. The van der Waals surface area contributed by atoms with E-state index < -0.39 is 0 Å². The van der Waals surface area contributed by atoms with Crippen LogP contribution in [0, 0.1) is 5.92 Å². The maximum absolute atomic E-state index is 5.80. The number of rotatable bonds is 6. The highest BCUT2D eigenvalue weighted by Gasteiger charge is 2.40. The second-order valence-electron chi connectivity index (χ2n) is 5.99. The summed E-state index contributed by atoms with van der Waals surface area (Å²) in [6.45, 7) is 8.55. The van der Waals surface area contributed by atoms with Crippen molar-refractivity contribution in [2.45, 2.75) is 64.8 Å². The van der Waals surface area contributed by atoms with E-state index in [1.807, 2.05) is 0 Å². The summed E-state index contributed by atoms with van der Waals surface area (Å²) >= 11 is 0. The maximum Gasteiger partial charge on any atom is 0.181 e. The molecule has 102 valence electrons. The first-order valence-electron chi connectivity index (χ1n) is 7.31. The van der Waals surface area contributed by atoms with Crippen LogP contribution in [0.5, 0.6) is 0 Å². The van der Waals surface area contributed by atoms with Crippen LogP contribution in [0.25, 0.3) is 0 Å². The van der Waals surface area contributed by atoms with Crippen molar-refractivity contribution >= 4 is 0 Å². The third kappa shape index (κ3) is 2.77. The van der Waals surface area contributed by atoms with Crippen molar-refractivity contribution in [3.8, 4) is 0 Å².